The molecule has 0 aliphatic carbocycles. The predicted molar refractivity (Wildman–Crippen MR) is 68.1 cm³/mol. The lowest BCUT2D eigenvalue weighted by Crippen LogP contribution is -2.25. The molecule has 0 atom stereocenters. The van der Waals surface area contributed by atoms with E-state index in [-0.39, 0.29) is 5.91 Å². The Morgan fingerprint density at radius 3 is 2.59 bits per heavy atom. The molecular weight excluding hydrogens is 216 g/mol. The van der Waals surface area contributed by atoms with Crippen LogP contribution in [0.15, 0.2) is 12.1 Å². The van der Waals surface area contributed by atoms with Crippen LogP contribution in [0.1, 0.15) is 43.6 Å². The lowest BCUT2D eigenvalue weighted by molar-refractivity contribution is 0.0947. The highest BCUT2D eigenvalue weighted by Crippen LogP contribution is 2.02. The predicted octanol–water partition coefficient (Wildman–Crippen LogP) is 1.83. The SMILES string of the molecule is CCCCNC(=O)c1ccc(NCCC)nn1. The fraction of sp³-hybridized carbons (Fsp3) is 0.583. The molecule has 5 heteroatoms. The normalized spacial score (nSPS) is 10.0. The average molecular weight is 236 g/mol. The van der Waals surface area contributed by atoms with E-state index in [0.717, 1.165) is 25.8 Å². The monoisotopic (exact) mass is 236 g/mol. The van der Waals surface area contributed by atoms with Crippen LogP contribution in [0.5, 0.6) is 0 Å². The van der Waals surface area contributed by atoms with Gasteiger partial charge in [-0.25, -0.2) is 0 Å². The van der Waals surface area contributed by atoms with E-state index in [0.29, 0.717) is 18.1 Å². The molecule has 0 aliphatic rings. The van der Waals surface area contributed by atoms with Crippen molar-refractivity contribution in [1.82, 2.24) is 15.5 Å². The first-order valence-corrected chi connectivity index (χ1v) is 6.13. The number of nitrogens with one attached hydrogen (secondary N) is 2. The molecule has 0 saturated carbocycles. The van der Waals surface area contributed by atoms with Gasteiger partial charge in [-0.15, -0.1) is 10.2 Å². The van der Waals surface area contributed by atoms with E-state index in [4.69, 9.17) is 0 Å². The van der Waals surface area contributed by atoms with Crippen molar-refractivity contribution >= 4 is 11.7 Å². The minimum absolute atomic E-state index is 0.159. The van der Waals surface area contributed by atoms with Crippen molar-refractivity contribution in [2.45, 2.75) is 33.1 Å². The molecule has 0 spiro atoms. The summed E-state index contributed by atoms with van der Waals surface area (Å²) in [7, 11) is 0. The zero-order valence-corrected chi connectivity index (χ0v) is 10.5. The van der Waals surface area contributed by atoms with Gasteiger partial charge in [0, 0.05) is 13.1 Å². The number of carbonyl (C=O) groups excluding carboxylic acids is 1. The molecule has 0 bridgehead atoms. The number of rotatable bonds is 7. The van der Waals surface area contributed by atoms with E-state index in [1.165, 1.54) is 0 Å². The lowest BCUT2D eigenvalue weighted by atomic mass is 10.3. The largest absolute Gasteiger partial charge is 0.369 e. The maximum Gasteiger partial charge on any atom is 0.271 e. The topological polar surface area (TPSA) is 66.9 Å². The summed E-state index contributed by atoms with van der Waals surface area (Å²) in [6, 6.07) is 3.46. The van der Waals surface area contributed by atoms with E-state index in [1.54, 1.807) is 12.1 Å². The van der Waals surface area contributed by atoms with Crippen molar-refractivity contribution in [3.8, 4) is 0 Å². The van der Waals surface area contributed by atoms with Crippen LogP contribution in [0.2, 0.25) is 0 Å². The van der Waals surface area contributed by atoms with Crippen LogP contribution in [0, 0.1) is 0 Å². The van der Waals surface area contributed by atoms with Crippen molar-refractivity contribution in [3.05, 3.63) is 17.8 Å². The Morgan fingerprint density at radius 1 is 1.18 bits per heavy atom. The minimum Gasteiger partial charge on any atom is -0.369 e. The minimum atomic E-state index is -0.159. The summed E-state index contributed by atoms with van der Waals surface area (Å²) in [6.45, 7) is 5.71. The molecule has 17 heavy (non-hydrogen) atoms. The summed E-state index contributed by atoms with van der Waals surface area (Å²) in [4.78, 5) is 11.6. The van der Waals surface area contributed by atoms with Crippen LogP contribution in [0.4, 0.5) is 5.82 Å². The number of unbranched alkanes of at least 4 members (excludes halogenated alkanes) is 1. The van der Waals surface area contributed by atoms with Gasteiger partial charge in [-0.2, -0.15) is 0 Å². The Bertz CT molecular complexity index is 337. The zero-order valence-electron chi connectivity index (χ0n) is 10.5. The molecule has 0 saturated heterocycles. The number of hydrogen-bond donors (Lipinski definition) is 2. The molecule has 1 rings (SSSR count). The maximum absolute atomic E-state index is 11.6. The molecule has 5 nitrogen and oxygen atoms in total. The first-order valence-electron chi connectivity index (χ1n) is 6.13. The molecule has 0 unspecified atom stereocenters. The number of carbonyl (C=O) groups is 1. The average Bonchev–Trinajstić information content (AvgIpc) is 2.37. The molecular formula is C12H20N4O. The maximum atomic E-state index is 11.6. The van der Waals surface area contributed by atoms with Gasteiger partial charge in [-0.1, -0.05) is 20.3 Å². The van der Waals surface area contributed by atoms with Gasteiger partial charge in [0.1, 0.15) is 5.82 Å². The van der Waals surface area contributed by atoms with Crippen LogP contribution in [-0.4, -0.2) is 29.2 Å². The molecule has 1 heterocycles. The second-order valence-electron chi connectivity index (χ2n) is 3.84. The van der Waals surface area contributed by atoms with Gasteiger partial charge >= 0.3 is 0 Å². The summed E-state index contributed by atoms with van der Waals surface area (Å²) < 4.78 is 0. The number of nitrogens with zero attached hydrogens (tertiary/aromatic N) is 2. The number of amides is 1. The van der Waals surface area contributed by atoms with E-state index in [2.05, 4.69) is 34.7 Å². The highest BCUT2D eigenvalue weighted by molar-refractivity contribution is 5.92. The van der Waals surface area contributed by atoms with Gasteiger partial charge in [0.2, 0.25) is 0 Å². The molecule has 0 aromatic carbocycles. The smallest absolute Gasteiger partial charge is 0.271 e. The first kappa shape index (κ1) is 13.4. The second kappa shape index (κ2) is 7.60. The van der Waals surface area contributed by atoms with Crippen molar-refractivity contribution in [3.63, 3.8) is 0 Å². The summed E-state index contributed by atoms with van der Waals surface area (Å²) in [5, 5.41) is 13.7. The van der Waals surface area contributed by atoms with Crippen LogP contribution in [0.3, 0.4) is 0 Å². The number of anilines is 1. The molecule has 0 fully saturated rings. The second-order valence-corrected chi connectivity index (χ2v) is 3.84. The molecule has 1 aromatic rings. The third-order valence-corrected chi connectivity index (χ3v) is 2.27. The number of hydrogen-bond acceptors (Lipinski definition) is 4. The van der Waals surface area contributed by atoms with Gasteiger partial charge in [0.15, 0.2) is 5.69 Å². The fourth-order valence-corrected chi connectivity index (χ4v) is 1.27. The van der Waals surface area contributed by atoms with E-state index in [9.17, 15) is 4.79 Å². The Morgan fingerprint density at radius 2 is 2.00 bits per heavy atom. The highest BCUT2D eigenvalue weighted by atomic mass is 16.1. The van der Waals surface area contributed by atoms with Crippen LogP contribution in [0.25, 0.3) is 0 Å². The standard InChI is InChI=1S/C12H20N4O/c1-3-5-9-14-12(17)10-6-7-11(16-15-10)13-8-4-2/h6-7H,3-5,8-9H2,1-2H3,(H,13,16)(H,14,17). The zero-order chi connectivity index (χ0) is 12.5. The van der Waals surface area contributed by atoms with E-state index >= 15 is 0 Å². The summed E-state index contributed by atoms with van der Waals surface area (Å²) in [5.41, 5.74) is 0.364. The van der Waals surface area contributed by atoms with Crippen molar-refractivity contribution in [2.24, 2.45) is 0 Å². The van der Waals surface area contributed by atoms with Gasteiger partial charge < -0.3 is 10.6 Å². The van der Waals surface area contributed by atoms with E-state index in [1.807, 2.05) is 0 Å². The Hall–Kier alpha value is -1.65. The van der Waals surface area contributed by atoms with Crippen molar-refractivity contribution in [2.75, 3.05) is 18.4 Å². The third kappa shape index (κ3) is 4.80. The first-order chi connectivity index (χ1) is 8.27. The Balaban J connectivity index is 2.46. The number of aromatic nitrogens is 2. The summed E-state index contributed by atoms with van der Waals surface area (Å²) >= 11 is 0. The molecule has 2 N–H and O–H groups in total. The van der Waals surface area contributed by atoms with Gasteiger partial charge in [-0.3, -0.25) is 4.79 Å². The van der Waals surface area contributed by atoms with Crippen LogP contribution >= 0.6 is 0 Å². The van der Waals surface area contributed by atoms with Crippen molar-refractivity contribution in [1.29, 1.82) is 0 Å². The molecule has 1 aromatic heterocycles. The van der Waals surface area contributed by atoms with Crippen molar-refractivity contribution < 1.29 is 4.79 Å². The van der Waals surface area contributed by atoms with Crippen LogP contribution in [-0.2, 0) is 0 Å². The Labute approximate surface area is 102 Å². The molecule has 94 valence electrons. The lowest BCUT2D eigenvalue weighted by Gasteiger charge is -2.05. The van der Waals surface area contributed by atoms with E-state index < -0.39 is 0 Å². The fourth-order valence-electron chi connectivity index (χ4n) is 1.27. The van der Waals surface area contributed by atoms with Gasteiger partial charge in [-0.05, 0) is 25.0 Å². The Kier molecular flexibility index (Phi) is 5.99. The highest BCUT2D eigenvalue weighted by Gasteiger charge is 2.06. The van der Waals surface area contributed by atoms with Gasteiger partial charge in [0.25, 0.3) is 5.91 Å². The molecule has 0 aliphatic heterocycles. The van der Waals surface area contributed by atoms with Crippen LogP contribution < -0.4 is 10.6 Å². The third-order valence-electron chi connectivity index (χ3n) is 2.27. The quantitative estimate of drug-likeness (QED) is 0.709. The summed E-state index contributed by atoms with van der Waals surface area (Å²) in [6.07, 6.45) is 3.07. The summed E-state index contributed by atoms with van der Waals surface area (Å²) in [5.74, 6) is 0.546. The van der Waals surface area contributed by atoms with Gasteiger partial charge in [0.05, 0.1) is 0 Å². The molecule has 1 amide bonds. The molecule has 0 radical (unpaired) electrons.